The number of nitrogens with zero attached hydrogens (tertiary/aromatic N) is 2. The molecule has 28 heavy (non-hydrogen) atoms. The number of hydrogen-bond acceptors (Lipinski definition) is 7. The van der Waals surface area contributed by atoms with Gasteiger partial charge in [-0.2, -0.15) is 0 Å². The summed E-state index contributed by atoms with van der Waals surface area (Å²) in [5.41, 5.74) is 0.101. The molecule has 0 aliphatic rings. The van der Waals surface area contributed by atoms with Gasteiger partial charge in [-0.3, -0.25) is 14.6 Å². The van der Waals surface area contributed by atoms with Crippen LogP contribution < -0.4 is 15.4 Å². The molecule has 0 radical (unpaired) electrons. The van der Waals surface area contributed by atoms with Crippen LogP contribution in [0.4, 0.5) is 0 Å². The fourth-order valence-electron chi connectivity index (χ4n) is 2.25. The van der Waals surface area contributed by atoms with E-state index in [0.717, 1.165) is 0 Å². The first-order valence-electron chi connectivity index (χ1n) is 8.53. The topological polar surface area (TPSA) is 134 Å². The molecule has 2 rings (SSSR count). The van der Waals surface area contributed by atoms with Crippen LogP contribution in [0, 0.1) is 0 Å². The fraction of sp³-hybridized carbons (Fsp3) is 0.222. The van der Waals surface area contributed by atoms with Crippen LogP contribution in [-0.4, -0.2) is 58.1 Å². The first-order valence-corrected chi connectivity index (χ1v) is 8.53. The van der Waals surface area contributed by atoms with Gasteiger partial charge in [-0.15, -0.1) is 6.58 Å². The average molecular weight is 384 g/mol. The lowest BCUT2D eigenvalue weighted by Gasteiger charge is -2.21. The van der Waals surface area contributed by atoms with E-state index < -0.39 is 25.0 Å². The van der Waals surface area contributed by atoms with E-state index in [1.807, 2.05) is 18.2 Å². The number of rotatable bonds is 10. The van der Waals surface area contributed by atoms with Gasteiger partial charge in [-0.1, -0.05) is 18.2 Å². The summed E-state index contributed by atoms with van der Waals surface area (Å²) in [5, 5.41) is 23.7. The van der Waals surface area contributed by atoms with Crippen molar-refractivity contribution in [2.45, 2.75) is 12.5 Å². The Morgan fingerprint density at radius 2 is 1.96 bits per heavy atom. The highest BCUT2D eigenvalue weighted by Crippen LogP contribution is 2.11. The number of hydrogen-bond donors (Lipinski definition) is 4. The number of carbonyl (C=O) groups is 2. The van der Waals surface area contributed by atoms with E-state index in [1.54, 1.807) is 12.1 Å². The van der Waals surface area contributed by atoms with Crippen LogP contribution in [0.5, 0.6) is 5.75 Å². The summed E-state index contributed by atoms with van der Waals surface area (Å²) in [6.45, 7) is 3.50. The van der Waals surface area contributed by atoms with Crippen LogP contribution in [0.1, 0.15) is 16.9 Å². The van der Waals surface area contributed by atoms with Crippen molar-refractivity contribution in [1.29, 1.82) is 0 Å². The zero-order valence-electron chi connectivity index (χ0n) is 15.1. The summed E-state index contributed by atoms with van der Waals surface area (Å²) in [7, 11) is -1.80. The molecule has 0 saturated carbocycles. The molecule has 1 aromatic carbocycles. The summed E-state index contributed by atoms with van der Waals surface area (Å²) in [6.07, 6.45) is 4.33. The summed E-state index contributed by atoms with van der Waals surface area (Å²) >= 11 is 0. The molecule has 0 fully saturated rings. The highest BCUT2D eigenvalue weighted by molar-refractivity contribution is 6.51. The molecule has 10 heteroatoms. The van der Waals surface area contributed by atoms with Gasteiger partial charge in [-0.25, -0.2) is 4.98 Å². The number of aromatic nitrogens is 2. The van der Waals surface area contributed by atoms with Crippen LogP contribution in [0.3, 0.4) is 0 Å². The lowest BCUT2D eigenvalue weighted by Crippen LogP contribution is -2.45. The van der Waals surface area contributed by atoms with Crippen molar-refractivity contribution in [2.24, 2.45) is 0 Å². The molecule has 2 aromatic rings. The first-order chi connectivity index (χ1) is 13.5. The predicted molar refractivity (Wildman–Crippen MR) is 102 cm³/mol. The van der Waals surface area contributed by atoms with E-state index in [1.165, 1.54) is 18.6 Å². The Morgan fingerprint density at radius 3 is 2.61 bits per heavy atom. The molecule has 9 nitrogen and oxygen atoms in total. The Bertz CT molecular complexity index is 789. The van der Waals surface area contributed by atoms with Crippen LogP contribution in [0.25, 0.3) is 0 Å². The zero-order valence-corrected chi connectivity index (χ0v) is 15.1. The summed E-state index contributed by atoms with van der Waals surface area (Å²) < 4.78 is 5.56. The highest BCUT2D eigenvalue weighted by Gasteiger charge is 2.24. The highest BCUT2D eigenvalue weighted by atomic mass is 16.5. The zero-order chi connectivity index (χ0) is 20.4. The molecule has 1 atom stereocenters. The molecule has 1 aromatic heterocycles. The van der Waals surface area contributed by atoms with Gasteiger partial charge in [0.1, 0.15) is 11.4 Å². The Labute approximate surface area is 162 Å². The summed E-state index contributed by atoms with van der Waals surface area (Å²) in [5.74, 6) is -0.420. The molecule has 0 aliphatic heterocycles. The molecule has 2 amide bonds. The maximum Gasteiger partial charge on any atom is 0.485 e. The van der Waals surface area contributed by atoms with Crippen LogP contribution in [0.15, 0.2) is 61.0 Å². The van der Waals surface area contributed by atoms with Crippen LogP contribution in [-0.2, 0) is 4.79 Å². The quantitative estimate of drug-likeness (QED) is 0.414. The van der Waals surface area contributed by atoms with Gasteiger partial charge in [0.2, 0.25) is 5.91 Å². The molecule has 0 unspecified atom stereocenters. The second kappa shape index (κ2) is 10.8. The minimum absolute atomic E-state index is 0.0188. The van der Waals surface area contributed by atoms with Gasteiger partial charge >= 0.3 is 7.12 Å². The maximum atomic E-state index is 12.1. The van der Waals surface area contributed by atoms with Crippen LogP contribution >= 0.6 is 0 Å². The lowest BCUT2D eigenvalue weighted by atomic mass is 9.75. The Balaban J connectivity index is 1.85. The first kappa shape index (κ1) is 21.1. The molecule has 0 spiro atoms. The average Bonchev–Trinajstić information content (AvgIpc) is 2.72. The third-order valence-electron chi connectivity index (χ3n) is 3.74. The van der Waals surface area contributed by atoms with E-state index in [-0.39, 0.29) is 30.7 Å². The molecule has 1 heterocycles. The van der Waals surface area contributed by atoms with Crippen molar-refractivity contribution in [3.05, 3.63) is 66.7 Å². The van der Waals surface area contributed by atoms with Crippen molar-refractivity contribution >= 4 is 18.9 Å². The van der Waals surface area contributed by atoms with Crippen molar-refractivity contribution in [3.63, 3.8) is 0 Å². The molecular weight excluding hydrogens is 363 g/mol. The summed E-state index contributed by atoms with van der Waals surface area (Å²) in [4.78, 5) is 31.7. The van der Waals surface area contributed by atoms with Gasteiger partial charge < -0.3 is 25.4 Å². The van der Waals surface area contributed by atoms with E-state index >= 15 is 0 Å². The third kappa shape index (κ3) is 6.82. The minimum atomic E-state index is -1.80. The smallest absolute Gasteiger partial charge is 0.485 e. The lowest BCUT2D eigenvalue weighted by molar-refractivity contribution is -0.120. The maximum absolute atomic E-state index is 12.1. The van der Waals surface area contributed by atoms with Gasteiger partial charge in [0.05, 0.1) is 25.4 Å². The van der Waals surface area contributed by atoms with Crippen molar-refractivity contribution in [2.75, 3.05) is 13.2 Å². The number of carbonyl (C=O) groups excluding carboxylic acids is 2. The van der Waals surface area contributed by atoms with Gasteiger partial charge in [-0.05, 0) is 17.6 Å². The van der Waals surface area contributed by atoms with E-state index in [2.05, 4.69) is 27.2 Å². The van der Waals surface area contributed by atoms with Crippen molar-refractivity contribution in [1.82, 2.24) is 20.6 Å². The standard InChI is InChI=1S/C18H21BN4O5/c1-13(19(26)27)15(7-10-28-14-5-3-2-4-6-14)23-17(24)12-22-18(25)16-11-20-8-9-21-16/h2-6,8-9,11,15,26-27H,1,7,10,12H2,(H,22,25)(H,23,24)/t15-/m0/s1. The Hall–Kier alpha value is -3.24. The van der Waals surface area contributed by atoms with E-state index in [0.29, 0.717) is 5.75 Å². The number of ether oxygens (including phenoxy) is 1. The second-order valence-electron chi connectivity index (χ2n) is 5.79. The van der Waals surface area contributed by atoms with Crippen molar-refractivity contribution < 1.29 is 24.4 Å². The predicted octanol–water partition coefficient (Wildman–Crippen LogP) is -0.271. The fourth-order valence-corrected chi connectivity index (χ4v) is 2.25. The minimum Gasteiger partial charge on any atom is -0.494 e. The van der Waals surface area contributed by atoms with Crippen molar-refractivity contribution in [3.8, 4) is 5.75 Å². The Morgan fingerprint density at radius 1 is 1.21 bits per heavy atom. The van der Waals surface area contributed by atoms with E-state index in [9.17, 15) is 19.6 Å². The van der Waals surface area contributed by atoms with Crippen LogP contribution in [0.2, 0.25) is 0 Å². The molecule has 0 bridgehead atoms. The number of amides is 2. The van der Waals surface area contributed by atoms with E-state index in [4.69, 9.17) is 4.74 Å². The van der Waals surface area contributed by atoms with Gasteiger partial charge in [0, 0.05) is 18.8 Å². The largest absolute Gasteiger partial charge is 0.494 e. The molecule has 0 aliphatic carbocycles. The molecule has 4 N–H and O–H groups in total. The molecule has 0 saturated heterocycles. The normalized spacial score (nSPS) is 11.2. The summed E-state index contributed by atoms with van der Waals surface area (Å²) in [6, 6.07) is 8.33. The van der Waals surface area contributed by atoms with Gasteiger partial charge in [0.25, 0.3) is 5.91 Å². The Kier molecular flexibility index (Phi) is 8.13. The number of nitrogens with one attached hydrogen (secondary N) is 2. The third-order valence-corrected chi connectivity index (χ3v) is 3.74. The molecular formula is C18H21BN4O5. The SMILES string of the molecule is C=C(B(O)O)[C@H](CCOc1ccccc1)NC(=O)CNC(=O)c1cnccn1. The van der Waals surface area contributed by atoms with Gasteiger partial charge in [0.15, 0.2) is 0 Å². The second-order valence-corrected chi connectivity index (χ2v) is 5.79. The number of para-hydroxylation sites is 1. The monoisotopic (exact) mass is 384 g/mol. The molecule has 146 valence electrons. The number of benzene rings is 1.